The standard InChI is InChI=1S/C25H38N2O3.ClH/c1-19(17-20-9-7-6-8-10-20)22-18-23(22)27(24(28)30-25(2,3)4)21-11-13-26(14-12-21)15-16-29-5;/h6-10,17,21-23H,11-16,18H2,1-5H3;1H/b19-17+;/t22-,23+;/m0./s1. The van der Waals surface area contributed by atoms with Crippen LogP contribution in [0.1, 0.15) is 52.5 Å². The SMILES string of the molecule is COCCN1CCC(N(C(=O)OC(C)(C)C)[C@@H]2C[C@H]2/C(C)=C/c2ccccc2)CC1.Cl. The molecule has 0 radical (unpaired) electrons. The summed E-state index contributed by atoms with van der Waals surface area (Å²) in [7, 11) is 1.75. The van der Waals surface area contributed by atoms with Gasteiger partial charge in [0.1, 0.15) is 5.60 Å². The third-order valence-electron chi connectivity index (χ3n) is 6.06. The molecular formula is C25H39ClN2O3. The van der Waals surface area contributed by atoms with Gasteiger partial charge in [-0.05, 0) is 52.5 Å². The van der Waals surface area contributed by atoms with Gasteiger partial charge in [0.05, 0.1) is 6.61 Å². The molecule has 1 aromatic rings. The van der Waals surface area contributed by atoms with Crippen LogP contribution < -0.4 is 0 Å². The molecule has 1 aromatic carbocycles. The highest BCUT2D eigenvalue weighted by Gasteiger charge is 2.48. The lowest BCUT2D eigenvalue weighted by Gasteiger charge is -2.39. The first-order valence-corrected chi connectivity index (χ1v) is 11.2. The summed E-state index contributed by atoms with van der Waals surface area (Å²) in [4.78, 5) is 17.7. The molecule has 174 valence electrons. The molecule has 2 fully saturated rings. The Morgan fingerprint density at radius 1 is 1.19 bits per heavy atom. The van der Waals surface area contributed by atoms with E-state index in [0.717, 1.165) is 45.5 Å². The van der Waals surface area contributed by atoms with E-state index in [9.17, 15) is 4.79 Å². The van der Waals surface area contributed by atoms with E-state index < -0.39 is 5.60 Å². The van der Waals surface area contributed by atoms with Crippen molar-refractivity contribution < 1.29 is 14.3 Å². The molecule has 1 aliphatic carbocycles. The summed E-state index contributed by atoms with van der Waals surface area (Å²) in [6.45, 7) is 11.8. The topological polar surface area (TPSA) is 42.0 Å². The molecule has 5 nitrogen and oxygen atoms in total. The molecule has 0 bridgehead atoms. The zero-order valence-electron chi connectivity index (χ0n) is 19.7. The first-order chi connectivity index (χ1) is 14.3. The van der Waals surface area contributed by atoms with Crippen LogP contribution in [0.2, 0.25) is 0 Å². The van der Waals surface area contributed by atoms with Crippen molar-refractivity contribution >= 4 is 24.6 Å². The van der Waals surface area contributed by atoms with E-state index in [1.54, 1.807) is 7.11 Å². The number of hydrogen-bond acceptors (Lipinski definition) is 4. The lowest BCUT2D eigenvalue weighted by Crippen LogP contribution is -2.50. The lowest BCUT2D eigenvalue weighted by atomic mass is 10.0. The number of ether oxygens (including phenoxy) is 2. The smallest absolute Gasteiger partial charge is 0.410 e. The summed E-state index contributed by atoms with van der Waals surface area (Å²) in [5.41, 5.74) is 2.08. The Labute approximate surface area is 194 Å². The lowest BCUT2D eigenvalue weighted by molar-refractivity contribution is 0.00376. The van der Waals surface area contributed by atoms with E-state index in [0.29, 0.717) is 5.92 Å². The number of hydrogen-bond donors (Lipinski definition) is 0. The van der Waals surface area contributed by atoms with Crippen molar-refractivity contribution in [3.8, 4) is 0 Å². The summed E-state index contributed by atoms with van der Waals surface area (Å²) in [6.07, 6.45) is 5.11. The number of halogens is 1. The van der Waals surface area contributed by atoms with Gasteiger partial charge in [0.15, 0.2) is 0 Å². The van der Waals surface area contributed by atoms with E-state index in [-0.39, 0.29) is 30.6 Å². The predicted octanol–water partition coefficient (Wildman–Crippen LogP) is 5.25. The summed E-state index contributed by atoms with van der Waals surface area (Å²) in [5, 5.41) is 0. The van der Waals surface area contributed by atoms with Crippen LogP contribution in [0.5, 0.6) is 0 Å². The molecule has 1 saturated carbocycles. The number of methoxy groups -OCH3 is 1. The highest BCUT2D eigenvalue weighted by molar-refractivity contribution is 5.85. The van der Waals surface area contributed by atoms with E-state index >= 15 is 0 Å². The van der Waals surface area contributed by atoms with Gasteiger partial charge in [-0.15, -0.1) is 12.4 Å². The minimum atomic E-state index is -0.478. The van der Waals surface area contributed by atoms with E-state index in [1.807, 2.05) is 26.8 Å². The van der Waals surface area contributed by atoms with Crippen LogP contribution in [-0.4, -0.2) is 66.9 Å². The fourth-order valence-electron chi connectivity index (χ4n) is 4.41. The number of carbonyl (C=O) groups is 1. The first kappa shape index (κ1) is 25.7. The van der Waals surface area contributed by atoms with Crippen LogP contribution >= 0.6 is 12.4 Å². The molecule has 1 amide bonds. The van der Waals surface area contributed by atoms with Crippen LogP contribution in [-0.2, 0) is 9.47 Å². The van der Waals surface area contributed by atoms with Crippen molar-refractivity contribution in [1.29, 1.82) is 0 Å². The van der Waals surface area contributed by atoms with Crippen molar-refractivity contribution in [2.24, 2.45) is 5.92 Å². The molecule has 2 aliphatic rings. The van der Waals surface area contributed by atoms with Gasteiger partial charge in [0, 0.05) is 44.7 Å². The van der Waals surface area contributed by atoms with Crippen LogP contribution in [0.15, 0.2) is 35.9 Å². The first-order valence-electron chi connectivity index (χ1n) is 11.2. The largest absolute Gasteiger partial charge is 0.444 e. The van der Waals surface area contributed by atoms with Crippen molar-refractivity contribution in [2.75, 3.05) is 33.4 Å². The highest BCUT2D eigenvalue weighted by atomic mass is 35.5. The van der Waals surface area contributed by atoms with Gasteiger partial charge in [-0.1, -0.05) is 42.0 Å². The summed E-state index contributed by atoms with van der Waals surface area (Å²) in [6, 6.07) is 10.9. The number of likely N-dealkylation sites (tertiary alicyclic amines) is 1. The van der Waals surface area contributed by atoms with Gasteiger partial charge in [0.25, 0.3) is 0 Å². The van der Waals surface area contributed by atoms with Crippen LogP contribution in [0.3, 0.4) is 0 Å². The minimum Gasteiger partial charge on any atom is -0.444 e. The second-order valence-corrected chi connectivity index (χ2v) is 9.66. The molecule has 3 rings (SSSR count). The van der Waals surface area contributed by atoms with Crippen molar-refractivity contribution in [3.63, 3.8) is 0 Å². The van der Waals surface area contributed by atoms with Gasteiger partial charge in [0.2, 0.25) is 0 Å². The fourth-order valence-corrected chi connectivity index (χ4v) is 4.41. The Hall–Kier alpha value is -1.56. The van der Waals surface area contributed by atoms with E-state index in [1.165, 1.54) is 11.1 Å². The summed E-state index contributed by atoms with van der Waals surface area (Å²) < 4.78 is 11.0. The Bertz CT molecular complexity index is 724. The molecule has 1 aliphatic heterocycles. The number of piperidine rings is 1. The molecule has 0 N–H and O–H groups in total. The van der Waals surface area contributed by atoms with Gasteiger partial charge >= 0.3 is 6.09 Å². The second kappa shape index (κ2) is 11.3. The van der Waals surface area contributed by atoms with Crippen LogP contribution in [0.25, 0.3) is 6.08 Å². The maximum Gasteiger partial charge on any atom is 0.410 e. The number of amides is 1. The average molecular weight is 451 g/mol. The Balaban J connectivity index is 0.00000341. The fraction of sp³-hybridized carbons (Fsp3) is 0.640. The maximum absolute atomic E-state index is 13.2. The zero-order valence-corrected chi connectivity index (χ0v) is 20.5. The quantitative estimate of drug-likeness (QED) is 0.569. The van der Waals surface area contributed by atoms with E-state index in [4.69, 9.17) is 9.47 Å². The third kappa shape index (κ3) is 7.51. The van der Waals surface area contributed by atoms with Gasteiger partial charge < -0.3 is 19.3 Å². The van der Waals surface area contributed by atoms with Crippen LogP contribution in [0, 0.1) is 5.92 Å². The number of rotatable bonds is 7. The predicted molar refractivity (Wildman–Crippen MR) is 129 cm³/mol. The second-order valence-electron chi connectivity index (χ2n) is 9.66. The van der Waals surface area contributed by atoms with Crippen molar-refractivity contribution in [2.45, 2.75) is 64.6 Å². The molecule has 0 spiro atoms. The average Bonchev–Trinajstić information content (AvgIpc) is 3.47. The molecule has 2 atom stereocenters. The highest BCUT2D eigenvalue weighted by Crippen LogP contribution is 2.44. The molecule has 0 aromatic heterocycles. The van der Waals surface area contributed by atoms with Gasteiger partial charge in [-0.2, -0.15) is 0 Å². The van der Waals surface area contributed by atoms with Gasteiger partial charge in [-0.3, -0.25) is 0 Å². The van der Waals surface area contributed by atoms with Crippen molar-refractivity contribution in [3.05, 3.63) is 41.5 Å². The molecule has 0 unspecified atom stereocenters. The molecule has 1 saturated heterocycles. The van der Waals surface area contributed by atoms with Crippen LogP contribution in [0.4, 0.5) is 4.79 Å². The monoisotopic (exact) mass is 450 g/mol. The molecule has 6 heteroatoms. The zero-order chi connectivity index (χ0) is 21.7. The van der Waals surface area contributed by atoms with E-state index in [2.05, 4.69) is 47.1 Å². The summed E-state index contributed by atoms with van der Waals surface area (Å²) in [5.74, 6) is 0.421. The molecule has 31 heavy (non-hydrogen) atoms. The molecule has 1 heterocycles. The minimum absolute atomic E-state index is 0. The Kier molecular flexibility index (Phi) is 9.41. The third-order valence-corrected chi connectivity index (χ3v) is 6.06. The Morgan fingerprint density at radius 2 is 1.84 bits per heavy atom. The number of carbonyl (C=O) groups excluding carboxylic acids is 1. The van der Waals surface area contributed by atoms with Crippen molar-refractivity contribution in [1.82, 2.24) is 9.80 Å². The summed E-state index contributed by atoms with van der Waals surface area (Å²) >= 11 is 0. The Morgan fingerprint density at radius 3 is 2.42 bits per heavy atom. The normalized spacial score (nSPS) is 22.5. The number of benzene rings is 1. The number of nitrogens with zero attached hydrogens (tertiary/aromatic N) is 2. The maximum atomic E-state index is 13.2. The van der Waals surface area contributed by atoms with Gasteiger partial charge in [-0.25, -0.2) is 4.79 Å². The molecular weight excluding hydrogens is 412 g/mol.